The minimum atomic E-state index is -1.68. The Morgan fingerprint density at radius 3 is 2.35 bits per heavy atom. The smallest absolute Gasteiger partial charge is 0.270 e. The summed E-state index contributed by atoms with van der Waals surface area (Å²) >= 11 is 6.00. The summed E-state index contributed by atoms with van der Waals surface area (Å²) in [6.07, 6.45) is 0.988. The fourth-order valence-electron chi connectivity index (χ4n) is 2.99. The van der Waals surface area contributed by atoms with E-state index in [1.54, 1.807) is 0 Å². The Balaban J connectivity index is 1.95. The van der Waals surface area contributed by atoms with Crippen LogP contribution in [0.25, 0.3) is 11.1 Å². The molecule has 0 bridgehead atoms. The van der Waals surface area contributed by atoms with Crippen molar-refractivity contribution >= 4 is 17.5 Å². The van der Waals surface area contributed by atoms with E-state index >= 15 is 0 Å². The molecule has 2 aromatic carbocycles. The Morgan fingerprint density at radius 2 is 1.76 bits per heavy atom. The van der Waals surface area contributed by atoms with Crippen LogP contribution in [0.5, 0.6) is 5.75 Å². The number of carbonyl (C=O) groups is 1. The molecule has 0 aliphatic rings. The van der Waals surface area contributed by atoms with Crippen molar-refractivity contribution in [2.75, 3.05) is 0 Å². The molecule has 3 aromatic rings. The number of benzene rings is 2. The predicted molar refractivity (Wildman–Crippen MR) is 116 cm³/mol. The van der Waals surface area contributed by atoms with E-state index < -0.39 is 63.3 Å². The lowest BCUT2D eigenvalue weighted by molar-refractivity contribution is -0.136. The van der Waals surface area contributed by atoms with Gasteiger partial charge in [-0.3, -0.25) is 9.59 Å². The van der Waals surface area contributed by atoms with Crippen molar-refractivity contribution in [2.45, 2.75) is 32.6 Å². The molecule has 3 N–H and O–H groups in total. The van der Waals surface area contributed by atoms with Crippen LogP contribution in [-0.2, 0) is 17.9 Å². The van der Waals surface area contributed by atoms with E-state index in [0.717, 1.165) is 30.5 Å². The lowest BCUT2D eigenvalue weighted by atomic mass is 10.0. The first-order chi connectivity index (χ1) is 15.9. The van der Waals surface area contributed by atoms with Crippen LogP contribution in [0.2, 0.25) is 5.02 Å². The summed E-state index contributed by atoms with van der Waals surface area (Å²) in [5.41, 5.74) is -3.36. The van der Waals surface area contributed by atoms with Crippen molar-refractivity contribution in [3.8, 4) is 16.9 Å². The molecular formula is C23H19ClF4N2O4. The summed E-state index contributed by atoms with van der Waals surface area (Å²) in [6.45, 7) is 1.74. The fourth-order valence-corrected chi connectivity index (χ4v) is 3.20. The average Bonchev–Trinajstić information content (AvgIpc) is 2.74. The number of aliphatic hydroxyl groups is 1. The maximum absolute atomic E-state index is 14.9. The normalized spacial score (nSPS) is 11.4. The van der Waals surface area contributed by atoms with Crippen molar-refractivity contribution in [2.24, 2.45) is 0 Å². The Kier molecular flexibility index (Phi) is 7.32. The molecule has 0 unspecified atom stereocenters. The van der Waals surface area contributed by atoms with Gasteiger partial charge in [0.05, 0.1) is 5.56 Å². The van der Waals surface area contributed by atoms with E-state index in [4.69, 9.17) is 16.3 Å². The van der Waals surface area contributed by atoms with Gasteiger partial charge in [-0.2, -0.15) is 0 Å². The van der Waals surface area contributed by atoms with E-state index in [-0.39, 0.29) is 23.2 Å². The van der Waals surface area contributed by atoms with Crippen LogP contribution < -0.4 is 15.6 Å². The van der Waals surface area contributed by atoms with Gasteiger partial charge >= 0.3 is 0 Å². The molecule has 0 saturated heterocycles. The fraction of sp³-hybridized carbons (Fsp3) is 0.217. The quantitative estimate of drug-likeness (QED) is 0.425. The highest BCUT2D eigenvalue weighted by Gasteiger charge is 2.25. The molecular weight excluding hydrogens is 480 g/mol. The van der Waals surface area contributed by atoms with Gasteiger partial charge in [0.25, 0.3) is 11.5 Å². The molecule has 0 atom stereocenters. The number of carbonyl (C=O) groups excluding carboxylic acids is 1. The first kappa shape index (κ1) is 25.3. The van der Waals surface area contributed by atoms with Crippen LogP contribution in [0, 0.1) is 23.3 Å². The molecule has 180 valence electrons. The first-order valence-electron chi connectivity index (χ1n) is 9.85. The molecule has 6 nitrogen and oxygen atoms in total. The van der Waals surface area contributed by atoms with Gasteiger partial charge in [-0.05, 0) is 43.7 Å². The third kappa shape index (κ3) is 5.57. The van der Waals surface area contributed by atoms with Gasteiger partial charge in [0.2, 0.25) is 0 Å². The van der Waals surface area contributed by atoms with Crippen molar-refractivity contribution in [3.63, 3.8) is 0 Å². The van der Waals surface area contributed by atoms with Crippen LogP contribution in [-0.4, -0.2) is 21.6 Å². The zero-order valence-corrected chi connectivity index (χ0v) is 18.7. The number of aromatic amines is 1. The van der Waals surface area contributed by atoms with Crippen LogP contribution in [0.4, 0.5) is 17.6 Å². The van der Waals surface area contributed by atoms with E-state index in [1.807, 2.05) is 0 Å². The number of pyridine rings is 1. The SMILES string of the molecule is CC(C)(O)C(=O)NCc1cc(F)c(-c2c[nH]c(=O)c(Cl)c2OCc2ccc(F)cc2F)c(F)c1. The highest BCUT2D eigenvalue weighted by Crippen LogP contribution is 2.37. The van der Waals surface area contributed by atoms with Crippen LogP contribution in [0.1, 0.15) is 25.0 Å². The van der Waals surface area contributed by atoms with Crippen molar-refractivity contribution in [3.05, 3.63) is 86.3 Å². The Labute approximate surface area is 196 Å². The first-order valence-corrected chi connectivity index (χ1v) is 10.2. The number of aromatic nitrogens is 1. The number of hydrogen-bond donors (Lipinski definition) is 3. The van der Waals surface area contributed by atoms with Gasteiger partial charge in [-0.25, -0.2) is 17.6 Å². The van der Waals surface area contributed by atoms with Crippen molar-refractivity contribution in [1.82, 2.24) is 10.3 Å². The molecule has 1 heterocycles. The topological polar surface area (TPSA) is 91.4 Å². The molecule has 11 heteroatoms. The molecule has 0 aliphatic heterocycles. The molecule has 0 saturated carbocycles. The number of H-pyrrole nitrogens is 1. The average molecular weight is 499 g/mol. The number of ether oxygens (including phenoxy) is 1. The summed E-state index contributed by atoms with van der Waals surface area (Å²) in [5, 5.41) is 11.5. The van der Waals surface area contributed by atoms with Gasteiger partial charge in [-0.1, -0.05) is 11.6 Å². The van der Waals surface area contributed by atoms with Gasteiger partial charge in [0.15, 0.2) is 5.75 Å². The van der Waals surface area contributed by atoms with Crippen LogP contribution in [0.3, 0.4) is 0 Å². The summed E-state index contributed by atoms with van der Waals surface area (Å²) in [4.78, 5) is 26.0. The highest BCUT2D eigenvalue weighted by atomic mass is 35.5. The zero-order valence-electron chi connectivity index (χ0n) is 17.9. The minimum absolute atomic E-state index is 0.0581. The van der Waals surface area contributed by atoms with E-state index in [9.17, 15) is 32.3 Å². The van der Waals surface area contributed by atoms with Crippen molar-refractivity contribution in [1.29, 1.82) is 0 Å². The third-order valence-corrected chi connectivity index (χ3v) is 5.10. The Hall–Kier alpha value is -3.37. The van der Waals surface area contributed by atoms with E-state index in [1.165, 1.54) is 13.8 Å². The minimum Gasteiger partial charge on any atom is -0.486 e. The second-order valence-corrected chi connectivity index (χ2v) is 8.25. The number of nitrogens with one attached hydrogen (secondary N) is 2. The lowest BCUT2D eigenvalue weighted by Gasteiger charge is -2.17. The predicted octanol–water partition coefficient (Wildman–Crippen LogP) is 4.22. The number of rotatable bonds is 7. The number of amides is 1. The van der Waals surface area contributed by atoms with E-state index in [0.29, 0.717) is 6.07 Å². The number of halogens is 5. The molecule has 3 rings (SSSR count). The van der Waals surface area contributed by atoms with Gasteiger partial charge in [0, 0.05) is 29.9 Å². The molecule has 0 fully saturated rings. The van der Waals surface area contributed by atoms with E-state index in [2.05, 4.69) is 10.3 Å². The molecule has 0 spiro atoms. The van der Waals surface area contributed by atoms with Crippen LogP contribution in [0.15, 0.2) is 41.3 Å². The molecule has 0 radical (unpaired) electrons. The van der Waals surface area contributed by atoms with Gasteiger partial charge < -0.3 is 20.1 Å². The Morgan fingerprint density at radius 1 is 1.12 bits per heavy atom. The molecule has 1 amide bonds. The third-order valence-electron chi connectivity index (χ3n) is 4.76. The van der Waals surface area contributed by atoms with Gasteiger partial charge in [0.1, 0.15) is 40.5 Å². The largest absolute Gasteiger partial charge is 0.486 e. The maximum Gasteiger partial charge on any atom is 0.270 e. The van der Waals surface area contributed by atoms with Gasteiger partial charge in [-0.15, -0.1) is 0 Å². The standard InChI is InChI=1S/C23H19ClF4N2O4/c1-23(2,33)22(32)30-8-11-5-16(27)18(17(28)6-11)14-9-29-21(31)19(24)20(14)34-10-12-3-4-13(25)7-15(12)26/h3-7,9,33H,8,10H2,1-2H3,(H,29,31)(H,30,32). The van der Waals surface area contributed by atoms with Crippen molar-refractivity contribution < 1.29 is 32.2 Å². The van der Waals surface area contributed by atoms with Crippen LogP contribution >= 0.6 is 11.6 Å². The second kappa shape index (κ2) is 9.86. The number of hydrogen-bond acceptors (Lipinski definition) is 4. The summed E-state index contributed by atoms with van der Waals surface area (Å²) in [6, 6.07) is 4.64. The highest BCUT2D eigenvalue weighted by molar-refractivity contribution is 6.32. The molecule has 34 heavy (non-hydrogen) atoms. The second-order valence-electron chi connectivity index (χ2n) is 7.88. The lowest BCUT2D eigenvalue weighted by Crippen LogP contribution is -2.41. The summed E-state index contributed by atoms with van der Waals surface area (Å²) in [5.74, 6) is -5.00. The molecule has 1 aromatic heterocycles. The monoisotopic (exact) mass is 498 g/mol. The zero-order chi connectivity index (χ0) is 25.2. The maximum atomic E-state index is 14.9. The Bertz CT molecular complexity index is 1280. The summed E-state index contributed by atoms with van der Waals surface area (Å²) in [7, 11) is 0. The summed E-state index contributed by atoms with van der Waals surface area (Å²) < 4.78 is 62.4. The molecule has 0 aliphatic carbocycles.